The molecule has 2 aromatic rings. The zero-order chi connectivity index (χ0) is 13.4. The molecule has 1 fully saturated rings. The van der Waals surface area contributed by atoms with Crippen molar-refractivity contribution in [2.75, 3.05) is 13.1 Å². The lowest BCUT2D eigenvalue weighted by atomic mass is 9.99. The van der Waals surface area contributed by atoms with Crippen molar-refractivity contribution in [1.29, 1.82) is 0 Å². The van der Waals surface area contributed by atoms with Gasteiger partial charge >= 0.3 is 5.97 Å². The van der Waals surface area contributed by atoms with Crippen LogP contribution in [0.3, 0.4) is 0 Å². The van der Waals surface area contributed by atoms with Crippen molar-refractivity contribution in [3.63, 3.8) is 0 Å². The van der Waals surface area contributed by atoms with E-state index in [-0.39, 0.29) is 11.6 Å². The van der Waals surface area contributed by atoms with E-state index < -0.39 is 5.97 Å². The van der Waals surface area contributed by atoms with E-state index in [1.54, 1.807) is 0 Å². The van der Waals surface area contributed by atoms with E-state index in [9.17, 15) is 9.90 Å². The number of nitrogens with zero attached hydrogens (tertiary/aromatic N) is 2. The van der Waals surface area contributed by atoms with Gasteiger partial charge in [-0.25, -0.2) is 9.78 Å². The van der Waals surface area contributed by atoms with Crippen LogP contribution in [0.15, 0.2) is 18.2 Å². The fourth-order valence-corrected chi connectivity index (χ4v) is 2.83. The highest BCUT2D eigenvalue weighted by atomic mass is 16.4. The lowest BCUT2D eigenvalue weighted by molar-refractivity contribution is 0.0693. The summed E-state index contributed by atoms with van der Waals surface area (Å²) in [7, 11) is 0. The van der Waals surface area contributed by atoms with E-state index in [2.05, 4.69) is 10.3 Å². The van der Waals surface area contributed by atoms with Crippen molar-refractivity contribution in [2.24, 2.45) is 0 Å². The van der Waals surface area contributed by atoms with Crippen LogP contribution >= 0.6 is 0 Å². The van der Waals surface area contributed by atoms with Crippen molar-refractivity contribution in [3.05, 3.63) is 35.4 Å². The molecule has 0 spiro atoms. The van der Waals surface area contributed by atoms with Crippen LogP contribution in [0.5, 0.6) is 0 Å². The van der Waals surface area contributed by atoms with E-state index >= 15 is 0 Å². The molecule has 2 N–H and O–H groups in total. The van der Waals surface area contributed by atoms with Crippen LogP contribution in [0.25, 0.3) is 5.52 Å². The maximum atomic E-state index is 11.3. The highest BCUT2D eigenvalue weighted by Crippen LogP contribution is 2.26. The number of piperidine rings is 1. The van der Waals surface area contributed by atoms with Gasteiger partial charge in [-0.15, -0.1) is 0 Å². The first-order chi connectivity index (χ1) is 9.18. The Hall–Kier alpha value is -1.88. The van der Waals surface area contributed by atoms with E-state index in [1.807, 2.05) is 29.5 Å². The Morgan fingerprint density at radius 1 is 1.53 bits per heavy atom. The van der Waals surface area contributed by atoms with Gasteiger partial charge in [-0.3, -0.25) is 4.40 Å². The van der Waals surface area contributed by atoms with E-state index in [0.717, 1.165) is 37.4 Å². The van der Waals surface area contributed by atoms with Crippen LogP contribution in [0.2, 0.25) is 0 Å². The molecule has 0 bridgehead atoms. The molecule has 0 radical (unpaired) electrons. The summed E-state index contributed by atoms with van der Waals surface area (Å²) in [5.74, 6) is 0.200. The topological polar surface area (TPSA) is 66.6 Å². The summed E-state index contributed by atoms with van der Waals surface area (Å²) < 4.78 is 1.99. The molecule has 2 aromatic heterocycles. The third-order valence-corrected chi connectivity index (χ3v) is 3.75. The summed E-state index contributed by atoms with van der Waals surface area (Å²) in [6.07, 6.45) is 2.16. The number of aromatic nitrogens is 2. The van der Waals surface area contributed by atoms with Gasteiger partial charge in [0.2, 0.25) is 0 Å². The number of fused-ring (bicyclic) bond motifs is 1. The van der Waals surface area contributed by atoms with Crippen LogP contribution in [-0.2, 0) is 0 Å². The summed E-state index contributed by atoms with van der Waals surface area (Å²) in [6.45, 7) is 3.89. The Labute approximate surface area is 111 Å². The number of carbonyl (C=O) groups is 1. The second-order valence-electron chi connectivity index (χ2n) is 5.05. The first-order valence-corrected chi connectivity index (χ1v) is 6.60. The zero-order valence-corrected chi connectivity index (χ0v) is 10.9. The largest absolute Gasteiger partial charge is 0.476 e. The van der Waals surface area contributed by atoms with Gasteiger partial charge in [0.15, 0.2) is 5.69 Å². The number of carboxylic acids is 1. The molecular formula is C14H17N3O2. The smallest absolute Gasteiger partial charge is 0.356 e. The molecule has 0 saturated carbocycles. The number of hydrogen-bond acceptors (Lipinski definition) is 3. The molecule has 3 heterocycles. The lowest BCUT2D eigenvalue weighted by Gasteiger charge is -2.22. The maximum Gasteiger partial charge on any atom is 0.356 e. The fraction of sp³-hybridized carbons (Fsp3) is 0.429. The summed E-state index contributed by atoms with van der Waals surface area (Å²) in [4.78, 5) is 15.7. The molecule has 19 heavy (non-hydrogen) atoms. The van der Waals surface area contributed by atoms with Crippen LogP contribution in [-0.4, -0.2) is 33.6 Å². The first kappa shape index (κ1) is 12.2. The minimum absolute atomic E-state index is 0.157. The third kappa shape index (κ3) is 2.00. The number of pyridine rings is 1. The van der Waals surface area contributed by atoms with Crippen molar-refractivity contribution < 1.29 is 9.90 Å². The third-order valence-electron chi connectivity index (χ3n) is 3.75. The number of aryl methyl sites for hydroxylation is 1. The number of hydrogen-bond donors (Lipinski definition) is 2. The Balaban J connectivity index is 2.20. The molecule has 1 atom stereocenters. The number of imidazole rings is 1. The van der Waals surface area contributed by atoms with Crippen molar-refractivity contribution in [3.8, 4) is 0 Å². The van der Waals surface area contributed by atoms with E-state index in [1.165, 1.54) is 0 Å². The van der Waals surface area contributed by atoms with Gasteiger partial charge < -0.3 is 10.4 Å². The van der Waals surface area contributed by atoms with E-state index in [4.69, 9.17) is 0 Å². The number of carboxylic acid groups (broad SMARTS) is 1. The van der Waals surface area contributed by atoms with Crippen LogP contribution < -0.4 is 5.32 Å². The van der Waals surface area contributed by atoms with Crippen LogP contribution in [0, 0.1) is 6.92 Å². The van der Waals surface area contributed by atoms with Crippen molar-refractivity contribution >= 4 is 11.5 Å². The Morgan fingerprint density at radius 3 is 3.05 bits per heavy atom. The molecule has 1 aliphatic rings. The van der Waals surface area contributed by atoms with Crippen molar-refractivity contribution in [2.45, 2.75) is 25.7 Å². The molecule has 0 aliphatic carbocycles. The Morgan fingerprint density at radius 2 is 2.37 bits per heavy atom. The second kappa shape index (κ2) is 4.66. The fourth-order valence-electron chi connectivity index (χ4n) is 2.83. The van der Waals surface area contributed by atoms with Gasteiger partial charge in [0, 0.05) is 18.2 Å². The van der Waals surface area contributed by atoms with Crippen molar-refractivity contribution in [1.82, 2.24) is 14.7 Å². The van der Waals surface area contributed by atoms with Gasteiger partial charge in [-0.1, -0.05) is 6.07 Å². The molecular weight excluding hydrogens is 242 g/mol. The van der Waals surface area contributed by atoms with Gasteiger partial charge in [0.05, 0.1) is 5.52 Å². The number of aromatic carboxylic acids is 1. The summed E-state index contributed by atoms with van der Waals surface area (Å²) in [6, 6.07) is 5.69. The summed E-state index contributed by atoms with van der Waals surface area (Å²) in [5, 5.41) is 12.6. The predicted molar refractivity (Wildman–Crippen MR) is 71.7 cm³/mol. The number of nitrogens with one attached hydrogen (secondary N) is 1. The monoisotopic (exact) mass is 259 g/mol. The molecule has 1 saturated heterocycles. The molecule has 0 amide bonds. The standard InChI is InChI=1S/C14H17N3O2/c1-9-4-2-6-11-12(14(18)19)16-13(17(9)11)10-5-3-7-15-8-10/h2,4,6,10,15H,3,5,7-8H2,1H3,(H,18,19). The average molecular weight is 259 g/mol. The highest BCUT2D eigenvalue weighted by Gasteiger charge is 2.24. The lowest BCUT2D eigenvalue weighted by Crippen LogP contribution is -2.29. The minimum Gasteiger partial charge on any atom is -0.476 e. The van der Waals surface area contributed by atoms with Crippen LogP contribution in [0.4, 0.5) is 0 Å². The minimum atomic E-state index is -0.960. The zero-order valence-electron chi connectivity index (χ0n) is 10.9. The highest BCUT2D eigenvalue weighted by molar-refractivity contribution is 5.93. The maximum absolute atomic E-state index is 11.3. The molecule has 100 valence electrons. The van der Waals surface area contributed by atoms with Gasteiger partial charge in [-0.2, -0.15) is 0 Å². The van der Waals surface area contributed by atoms with Gasteiger partial charge in [-0.05, 0) is 38.4 Å². The SMILES string of the molecule is Cc1cccc2c(C(=O)O)nc(C3CCCNC3)n12. The first-order valence-electron chi connectivity index (χ1n) is 6.60. The molecule has 3 rings (SSSR count). The average Bonchev–Trinajstić information content (AvgIpc) is 2.81. The molecule has 0 aromatic carbocycles. The quantitative estimate of drug-likeness (QED) is 0.863. The Kier molecular flexibility index (Phi) is 2.98. The van der Waals surface area contributed by atoms with Crippen LogP contribution in [0.1, 0.15) is 40.8 Å². The molecule has 5 nitrogen and oxygen atoms in total. The normalized spacial score (nSPS) is 19.7. The molecule has 5 heteroatoms. The number of rotatable bonds is 2. The summed E-state index contributed by atoms with van der Waals surface area (Å²) in [5.41, 5.74) is 1.87. The molecule has 1 aliphatic heterocycles. The van der Waals surface area contributed by atoms with Gasteiger partial charge in [0.1, 0.15) is 5.82 Å². The second-order valence-corrected chi connectivity index (χ2v) is 5.05. The molecule has 1 unspecified atom stereocenters. The predicted octanol–water partition coefficient (Wildman–Crippen LogP) is 1.81. The Bertz CT molecular complexity index is 627. The summed E-state index contributed by atoms with van der Waals surface area (Å²) >= 11 is 0. The van der Waals surface area contributed by atoms with Gasteiger partial charge in [0.25, 0.3) is 0 Å². The van der Waals surface area contributed by atoms with E-state index in [0.29, 0.717) is 5.52 Å².